The first kappa shape index (κ1) is 4.96. The summed E-state index contributed by atoms with van der Waals surface area (Å²) in [6.45, 7) is 1.36. The average Bonchev–Trinajstić information content (AvgIpc) is 1.57. The molecule has 4 nitrogen and oxygen atoms in total. The van der Waals surface area contributed by atoms with Gasteiger partial charge in [0.15, 0.2) is 5.76 Å². The lowest BCUT2D eigenvalue weighted by atomic mass is 10.6. The molecule has 0 aromatic carbocycles. The zero-order valence-corrected chi connectivity index (χ0v) is 4.17. The SMILES string of the molecule is CC(O)=C1OC(=O)O1. The molecule has 0 amide bonds. The van der Waals surface area contributed by atoms with Gasteiger partial charge in [0.25, 0.3) is 0 Å². The van der Waals surface area contributed by atoms with E-state index in [0.29, 0.717) is 0 Å². The van der Waals surface area contributed by atoms with E-state index in [-0.39, 0.29) is 11.7 Å². The number of allylic oxidation sites excluding steroid dienone is 1. The maximum Gasteiger partial charge on any atom is 0.524 e. The molecular weight excluding hydrogens is 112 g/mol. The molecule has 4 heteroatoms. The molecular formula is C4H4O4. The largest absolute Gasteiger partial charge is 0.524 e. The van der Waals surface area contributed by atoms with Crippen molar-refractivity contribution in [3.63, 3.8) is 0 Å². The van der Waals surface area contributed by atoms with E-state index in [1.54, 1.807) is 0 Å². The van der Waals surface area contributed by atoms with Crippen molar-refractivity contribution in [2.45, 2.75) is 6.92 Å². The molecule has 0 spiro atoms. The Morgan fingerprint density at radius 2 is 2.12 bits per heavy atom. The van der Waals surface area contributed by atoms with Gasteiger partial charge in [0.2, 0.25) is 0 Å². The number of aliphatic hydroxyl groups excluding tert-OH is 1. The Balaban J connectivity index is 2.57. The molecule has 0 saturated carbocycles. The fourth-order valence-electron chi connectivity index (χ4n) is 0.307. The highest BCUT2D eigenvalue weighted by molar-refractivity contribution is 5.67. The second kappa shape index (κ2) is 1.40. The van der Waals surface area contributed by atoms with Crippen molar-refractivity contribution in [1.82, 2.24) is 0 Å². The minimum atomic E-state index is -0.770. The van der Waals surface area contributed by atoms with Crippen LogP contribution in [-0.4, -0.2) is 11.3 Å². The van der Waals surface area contributed by atoms with Crippen LogP contribution in [0.1, 0.15) is 6.92 Å². The first-order chi connectivity index (χ1) is 3.70. The Morgan fingerprint density at radius 3 is 2.25 bits per heavy atom. The van der Waals surface area contributed by atoms with Gasteiger partial charge < -0.3 is 14.6 Å². The number of carbonyl (C=O) groups is 1. The minimum absolute atomic E-state index is 0.102. The number of cyclic esters (lactones) is 2. The molecule has 0 bridgehead atoms. The first-order valence-electron chi connectivity index (χ1n) is 1.99. The summed E-state index contributed by atoms with van der Waals surface area (Å²) in [7, 11) is 0. The number of hydrogen-bond acceptors (Lipinski definition) is 4. The van der Waals surface area contributed by atoms with E-state index in [1.165, 1.54) is 6.92 Å². The zero-order chi connectivity index (χ0) is 6.15. The number of rotatable bonds is 0. The predicted molar refractivity (Wildman–Crippen MR) is 22.9 cm³/mol. The van der Waals surface area contributed by atoms with Crippen molar-refractivity contribution in [2.75, 3.05) is 0 Å². The summed E-state index contributed by atoms with van der Waals surface area (Å²) in [6.07, 6.45) is -0.770. The summed E-state index contributed by atoms with van der Waals surface area (Å²) in [5.41, 5.74) is 0. The summed E-state index contributed by atoms with van der Waals surface area (Å²) >= 11 is 0. The van der Waals surface area contributed by atoms with E-state index in [4.69, 9.17) is 5.11 Å². The summed E-state index contributed by atoms with van der Waals surface area (Å²) in [5, 5.41) is 8.47. The molecule has 0 aromatic heterocycles. The van der Waals surface area contributed by atoms with Crippen LogP contribution < -0.4 is 0 Å². The molecule has 0 aromatic rings. The predicted octanol–water partition coefficient (Wildman–Crippen LogP) is 0.900. The van der Waals surface area contributed by atoms with Crippen LogP contribution in [0.4, 0.5) is 4.79 Å². The topological polar surface area (TPSA) is 55.8 Å². The average molecular weight is 116 g/mol. The standard InChI is InChI=1S/C4H4O4/c1-2(5)3-7-4(6)8-3/h5H,1H3. The first-order valence-corrected chi connectivity index (χ1v) is 1.99. The quantitative estimate of drug-likeness (QED) is 0.377. The Bertz CT molecular complexity index is 143. The second-order valence-corrected chi connectivity index (χ2v) is 1.33. The van der Waals surface area contributed by atoms with E-state index in [9.17, 15) is 4.79 Å². The van der Waals surface area contributed by atoms with E-state index < -0.39 is 6.16 Å². The molecule has 0 aliphatic carbocycles. The highest BCUT2D eigenvalue weighted by atomic mass is 16.9. The van der Waals surface area contributed by atoms with Crippen LogP contribution in [0.2, 0.25) is 0 Å². The van der Waals surface area contributed by atoms with Gasteiger partial charge in [0.05, 0.1) is 0 Å². The van der Waals surface area contributed by atoms with Crippen molar-refractivity contribution < 1.29 is 19.4 Å². The van der Waals surface area contributed by atoms with Crippen molar-refractivity contribution in [1.29, 1.82) is 0 Å². The van der Waals surface area contributed by atoms with E-state index >= 15 is 0 Å². The monoisotopic (exact) mass is 116 g/mol. The molecule has 8 heavy (non-hydrogen) atoms. The number of aliphatic hydroxyl groups is 1. The maximum absolute atomic E-state index is 9.82. The summed E-state index contributed by atoms with van der Waals surface area (Å²) in [4.78, 5) is 9.82. The van der Waals surface area contributed by atoms with Crippen molar-refractivity contribution in [3.05, 3.63) is 11.7 Å². The van der Waals surface area contributed by atoms with Gasteiger partial charge in [-0.2, -0.15) is 0 Å². The van der Waals surface area contributed by atoms with Gasteiger partial charge in [-0.1, -0.05) is 0 Å². The molecule has 1 rings (SSSR count). The molecule has 0 radical (unpaired) electrons. The molecule has 1 aliphatic rings. The third kappa shape index (κ3) is 0.598. The smallest absolute Gasteiger partial charge is 0.506 e. The molecule has 1 heterocycles. The van der Waals surface area contributed by atoms with Crippen molar-refractivity contribution in [3.8, 4) is 0 Å². The lowest BCUT2D eigenvalue weighted by molar-refractivity contribution is -0.0361. The van der Waals surface area contributed by atoms with E-state index in [0.717, 1.165) is 0 Å². The van der Waals surface area contributed by atoms with Crippen LogP contribution >= 0.6 is 0 Å². The van der Waals surface area contributed by atoms with Crippen LogP contribution in [-0.2, 0) is 9.47 Å². The van der Waals surface area contributed by atoms with Gasteiger partial charge in [-0.25, -0.2) is 4.79 Å². The van der Waals surface area contributed by atoms with E-state index in [2.05, 4.69) is 9.47 Å². The van der Waals surface area contributed by atoms with Crippen LogP contribution in [0.25, 0.3) is 0 Å². The fraction of sp³-hybridized carbons (Fsp3) is 0.250. The molecule has 1 fully saturated rings. The molecule has 44 valence electrons. The van der Waals surface area contributed by atoms with Gasteiger partial charge in [-0.05, 0) is 0 Å². The second-order valence-electron chi connectivity index (χ2n) is 1.33. The molecule has 0 atom stereocenters. The highest BCUT2D eigenvalue weighted by Gasteiger charge is 2.26. The van der Waals surface area contributed by atoms with Crippen molar-refractivity contribution in [2.24, 2.45) is 0 Å². The number of carbonyl (C=O) groups excluding carboxylic acids is 1. The lowest BCUT2D eigenvalue weighted by Crippen LogP contribution is -2.21. The molecule has 1 aliphatic heterocycles. The zero-order valence-electron chi connectivity index (χ0n) is 4.17. The molecule has 0 unspecified atom stereocenters. The van der Waals surface area contributed by atoms with Crippen LogP contribution in [0.15, 0.2) is 11.7 Å². The third-order valence-corrected chi connectivity index (χ3v) is 0.647. The molecule has 1 N–H and O–H groups in total. The van der Waals surface area contributed by atoms with Gasteiger partial charge in [0, 0.05) is 6.92 Å². The highest BCUT2D eigenvalue weighted by Crippen LogP contribution is 2.16. The van der Waals surface area contributed by atoms with E-state index in [1.807, 2.05) is 0 Å². The Labute approximate surface area is 45.3 Å². The summed E-state index contributed by atoms with van der Waals surface area (Å²) < 4.78 is 8.34. The number of hydrogen-bond donors (Lipinski definition) is 1. The third-order valence-electron chi connectivity index (χ3n) is 0.647. The summed E-state index contributed by atoms with van der Waals surface area (Å²) in [5.74, 6) is -0.223. The van der Waals surface area contributed by atoms with Gasteiger partial charge in [-0.15, -0.1) is 0 Å². The summed E-state index contributed by atoms with van der Waals surface area (Å²) in [6, 6.07) is 0. The minimum Gasteiger partial charge on any atom is -0.506 e. The van der Waals surface area contributed by atoms with Crippen LogP contribution in [0, 0.1) is 0 Å². The van der Waals surface area contributed by atoms with Crippen LogP contribution in [0.3, 0.4) is 0 Å². The van der Waals surface area contributed by atoms with Crippen LogP contribution in [0.5, 0.6) is 0 Å². The number of ether oxygens (including phenoxy) is 2. The molecule has 1 saturated heterocycles. The fourth-order valence-corrected chi connectivity index (χ4v) is 0.307. The van der Waals surface area contributed by atoms with Crippen molar-refractivity contribution >= 4 is 6.16 Å². The Kier molecular flexibility index (Phi) is 0.865. The van der Waals surface area contributed by atoms with Gasteiger partial charge >= 0.3 is 12.1 Å². The Morgan fingerprint density at radius 1 is 1.62 bits per heavy atom. The maximum atomic E-state index is 9.82. The normalized spacial score (nSPS) is 16.1. The van der Waals surface area contributed by atoms with Gasteiger partial charge in [-0.3, -0.25) is 0 Å². The lowest BCUT2D eigenvalue weighted by Gasteiger charge is -2.14. The van der Waals surface area contributed by atoms with Gasteiger partial charge in [0.1, 0.15) is 0 Å². The Hall–Kier alpha value is -1.19.